The lowest BCUT2D eigenvalue weighted by atomic mass is 9.77. The smallest absolute Gasteiger partial charge is 0.0318 e. The van der Waals surface area contributed by atoms with Gasteiger partial charge in [0.25, 0.3) is 0 Å². The minimum atomic E-state index is 0.0536. The molecule has 0 amide bonds. The van der Waals surface area contributed by atoms with Crippen LogP contribution in [0.15, 0.2) is 24.3 Å². The Labute approximate surface area is 77.9 Å². The molecule has 0 heterocycles. The predicted octanol–water partition coefficient (Wildman–Crippen LogP) is 3.21. The van der Waals surface area contributed by atoms with Crippen molar-refractivity contribution in [1.82, 2.24) is 0 Å². The number of rotatable bonds is 2. The van der Waals surface area contributed by atoms with E-state index in [-0.39, 0.29) is 5.41 Å². The lowest BCUT2D eigenvalue weighted by Crippen LogP contribution is -2.28. The second-order valence-corrected chi connectivity index (χ2v) is 3.72. The van der Waals surface area contributed by atoms with Crippen molar-refractivity contribution in [3.8, 4) is 0 Å². The summed E-state index contributed by atoms with van der Waals surface area (Å²) in [7, 11) is 0. The van der Waals surface area contributed by atoms with E-state index >= 15 is 0 Å². The third kappa shape index (κ3) is 1.80. The first kappa shape index (κ1) is 9.15. The van der Waals surface area contributed by atoms with E-state index in [1.165, 1.54) is 0 Å². The summed E-state index contributed by atoms with van der Waals surface area (Å²) in [5.74, 6) is 1.65. The second kappa shape index (κ2) is 3.64. The molecule has 2 atom stereocenters. The van der Waals surface area contributed by atoms with Gasteiger partial charge >= 0.3 is 0 Å². The Morgan fingerprint density at radius 2 is 2.09 bits per heavy atom. The van der Waals surface area contributed by atoms with Crippen molar-refractivity contribution in [2.24, 2.45) is 11.3 Å². The van der Waals surface area contributed by atoms with Crippen LogP contribution in [-0.2, 0) is 0 Å². The van der Waals surface area contributed by atoms with Crippen LogP contribution < -0.4 is 0 Å². The summed E-state index contributed by atoms with van der Waals surface area (Å²) in [6, 6.07) is 0. The zero-order valence-electron chi connectivity index (χ0n) is 6.56. The minimum absolute atomic E-state index is 0.0536. The predicted molar refractivity (Wildman–Crippen MR) is 51.3 cm³/mol. The third-order valence-electron chi connectivity index (χ3n) is 2.23. The average Bonchev–Trinajstić information content (AvgIpc) is 2.05. The molecule has 0 aromatic heterocycles. The van der Waals surface area contributed by atoms with Crippen LogP contribution in [0.25, 0.3) is 0 Å². The maximum absolute atomic E-state index is 5.85. The maximum Gasteiger partial charge on any atom is 0.0318 e. The molecule has 1 rings (SSSR count). The Hall–Kier alpha value is 0.0600. The van der Waals surface area contributed by atoms with E-state index in [9.17, 15) is 0 Å². The van der Waals surface area contributed by atoms with Gasteiger partial charge in [0.2, 0.25) is 0 Å². The van der Waals surface area contributed by atoms with Crippen molar-refractivity contribution < 1.29 is 0 Å². The summed E-state index contributed by atoms with van der Waals surface area (Å²) >= 11 is 11.7. The highest BCUT2D eigenvalue weighted by Crippen LogP contribution is 2.34. The van der Waals surface area contributed by atoms with Gasteiger partial charge in [-0.2, -0.15) is 0 Å². The molecule has 11 heavy (non-hydrogen) atoms. The van der Waals surface area contributed by atoms with Gasteiger partial charge in [0.05, 0.1) is 0 Å². The molecule has 0 saturated heterocycles. The molecule has 0 aliphatic heterocycles. The normalized spacial score (nSPS) is 36.1. The van der Waals surface area contributed by atoms with Crippen molar-refractivity contribution in [3.63, 3.8) is 0 Å². The lowest BCUT2D eigenvalue weighted by Gasteiger charge is -2.31. The Bertz CT molecular complexity index is 184. The van der Waals surface area contributed by atoms with Gasteiger partial charge in [0.15, 0.2) is 0 Å². The largest absolute Gasteiger partial charge is 0.126 e. The van der Waals surface area contributed by atoms with Crippen LogP contribution in [-0.4, -0.2) is 11.8 Å². The molecule has 0 radical (unpaired) electrons. The van der Waals surface area contributed by atoms with Gasteiger partial charge in [-0.05, 0) is 0 Å². The monoisotopic (exact) mass is 190 g/mol. The summed E-state index contributed by atoms with van der Waals surface area (Å²) < 4.78 is 0. The first-order valence-corrected chi connectivity index (χ1v) is 4.78. The number of hydrogen-bond donors (Lipinski definition) is 0. The van der Waals surface area contributed by atoms with Crippen LogP contribution in [0.2, 0.25) is 0 Å². The second-order valence-electron chi connectivity index (χ2n) is 3.14. The van der Waals surface area contributed by atoms with Crippen molar-refractivity contribution in [2.75, 3.05) is 11.8 Å². The van der Waals surface area contributed by atoms with E-state index in [4.69, 9.17) is 23.2 Å². The number of hydrogen-bond acceptors (Lipinski definition) is 0. The van der Waals surface area contributed by atoms with Crippen LogP contribution >= 0.6 is 23.2 Å². The molecule has 0 aromatic carbocycles. The fraction of sp³-hybridized carbons (Fsp3) is 0.556. The molecule has 2 unspecified atom stereocenters. The third-order valence-corrected chi connectivity index (χ3v) is 3.14. The molecule has 0 bridgehead atoms. The Morgan fingerprint density at radius 1 is 1.36 bits per heavy atom. The van der Waals surface area contributed by atoms with E-state index < -0.39 is 0 Å². The van der Waals surface area contributed by atoms with Gasteiger partial charge in [-0.3, -0.25) is 0 Å². The number of halogens is 2. The van der Waals surface area contributed by atoms with Crippen LogP contribution in [0.4, 0.5) is 0 Å². The SMILES string of the molecule is CC1(CCl)C=CC=CC1CCl. The van der Waals surface area contributed by atoms with Crippen molar-refractivity contribution in [1.29, 1.82) is 0 Å². The van der Waals surface area contributed by atoms with E-state index in [0.29, 0.717) is 17.7 Å². The summed E-state index contributed by atoms with van der Waals surface area (Å²) in [5.41, 5.74) is 0.0536. The lowest BCUT2D eigenvalue weighted by molar-refractivity contribution is 0.374. The van der Waals surface area contributed by atoms with Crippen molar-refractivity contribution in [3.05, 3.63) is 24.3 Å². The zero-order chi connectivity index (χ0) is 8.32. The fourth-order valence-electron chi connectivity index (χ4n) is 1.19. The molecule has 0 fully saturated rings. The van der Waals surface area contributed by atoms with Crippen LogP contribution in [0, 0.1) is 11.3 Å². The van der Waals surface area contributed by atoms with Crippen LogP contribution in [0.1, 0.15) is 6.92 Å². The Morgan fingerprint density at radius 3 is 2.55 bits per heavy atom. The van der Waals surface area contributed by atoms with Crippen LogP contribution in [0.3, 0.4) is 0 Å². The summed E-state index contributed by atoms with van der Waals surface area (Å²) in [5, 5.41) is 0. The Kier molecular flexibility index (Phi) is 3.03. The molecule has 1 aliphatic rings. The molecule has 0 N–H and O–H groups in total. The van der Waals surface area contributed by atoms with Gasteiger partial charge in [0.1, 0.15) is 0 Å². The molecule has 0 saturated carbocycles. The highest BCUT2D eigenvalue weighted by atomic mass is 35.5. The van der Waals surface area contributed by atoms with Gasteiger partial charge in [-0.15, -0.1) is 23.2 Å². The molecule has 0 spiro atoms. The molecule has 1 aliphatic carbocycles. The fourth-order valence-corrected chi connectivity index (χ4v) is 1.93. The van der Waals surface area contributed by atoms with Gasteiger partial charge in [-0.25, -0.2) is 0 Å². The molecule has 2 heteroatoms. The first-order valence-electron chi connectivity index (χ1n) is 3.71. The molecular weight excluding hydrogens is 179 g/mol. The molecule has 0 aromatic rings. The standard InChI is InChI=1S/C9H12Cl2/c1-9(7-11)5-3-2-4-8(9)6-10/h2-5,8H,6-7H2,1H3. The summed E-state index contributed by atoms with van der Waals surface area (Å²) in [4.78, 5) is 0. The Balaban J connectivity index is 2.77. The van der Waals surface area contributed by atoms with Gasteiger partial charge in [-0.1, -0.05) is 31.2 Å². The van der Waals surface area contributed by atoms with E-state index in [2.05, 4.69) is 19.1 Å². The summed E-state index contributed by atoms with van der Waals surface area (Å²) in [6.07, 6.45) is 8.31. The molecule has 62 valence electrons. The van der Waals surface area contributed by atoms with E-state index in [1.807, 2.05) is 12.2 Å². The number of allylic oxidation sites excluding steroid dienone is 4. The molecular formula is C9H12Cl2. The van der Waals surface area contributed by atoms with Crippen LogP contribution in [0.5, 0.6) is 0 Å². The van der Waals surface area contributed by atoms with Gasteiger partial charge in [0, 0.05) is 23.1 Å². The highest BCUT2D eigenvalue weighted by molar-refractivity contribution is 6.19. The quantitative estimate of drug-likeness (QED) is 0.588. The van der Waals surface area contributed by atoms with Crippen molar-refractivity contribution >= 4 is 23.2 Å². The molecule has 0 nitrogen and oxygen atoms in total. The topological polar surface area (TPSA) is 0 Å². The van der Waals surface area contributed by atoms with E-state index in [0.717, 1.165) is 0 Å². The maximum atomic E-state index is 5.85. The number of alkyl halides is 2. The van der Waals surface area contributed by atoms with Gasteiger partial charge < -0.3 is 0 Å². The first-order chi connectivity index (χ1) is 5.23. The van der Waals surface area contributed by atoms with Crippen molar-refractivity contribution in [2.45, 2.75) is 6.92 Å². The minimum Gasteiger partial charge on any atom is -0.126 e. The zero-order valence-corrected chi connectivity index (χ0v) is 8.07. The highest BCUT2D eigenvalue weighted by Gasteiger charge is 2.29. The average molecular weight is 191 g/mol. The summed E-state index contributed by atoms with van der Waals surface area (Å²) in [6.45, 7) is 2.13. The van der Waals surface area contributed by atoms with E-state index in [1.54, 1.807) is 0 Å².